The highest BCUT2D eigenvalue weighted by atomic mass is 32.1. The summed E-state index contributed by atoms with van der Waals surface area (Å²) in [6.07, 6.45) is 4.79. The highest BCUT2D eigenvalue weighted by Crippen LogP contribution is 2.42. The molecule has 0 radical (unpaired) electrons. The normalized spacial score (nSPS) is 19.8. The number of thiophene rings is 1. The van der Waals surface area contributed by atoms with Crippen molar-refractivity contribution in [3.8, 4) is 0 Å². The molecule has 112 valence electrons. The summed E-state index contributed by atoms with van der Waals surface area (Å²) < 4.78 is 0. The van der Waals surface area contributed by atoms with Crippen LogP contribution in [0.25, 0.3) is 0 Å². The van der Waals surface area contributed by atoms with E-state index in [0.717, 1.165) is 17.8 Å². The van der Waals surface area contributed by atoms with Gasteiger partial charge < -0.3 is 15.7 Å². The predicted octanol–water partition coefficient (Wildman–Crippen LogP) is 2.84. The minimum atomic E-state index is -1.01. The average molecular weight is 296 g/mol. The van der Waals surface area contributed by atoms with E-state index in [1.54, 1.807) is 6.92 Å². The molecule has 4 nitrogen and oxygen atoms in total. The zero-order valence-electron chi connectivity index (χ0n) is 12.2. The van der Waals surface area contributed by atoms with Gasteiger partial charge in [-0.05, 0) is 43.0 Å². The van der Waals surface area contributed by atoms with Crippen LogP contribution in [0.3, 0.4) is 0 Å². The molecule has 1 aromatic rings. The first kappa shape index (κ1) is 15.3. The lowest BCUT2D eigenvalue weighted by molar-refractivity contribution is 0.0625. The molecule has 0 aliphatic heterocycles. The lowest BCUT2D eigenvalue weighted by atomic mass is 9.67. The Balaban J connectivity index is 1.75. The summed E-state index contributed by atoms with van der Waals surface area (Å²) >= 11 is 1.49. The largest absolute Gasteiger partial charge is 0.383 e. The summed E-state index contributed by atoms with van der Waals surface area (Å²) in [6.45, 7) is 4.86. The fraction of sp³-hybridized carbons (Fsp3) is 0.667. The molecule has 3 N–H and O–H groups in total. The van der Waals surface area contributed by atoms with Gasteiger partial charge in [-0.2, -0.15) is 0 Å². The van der Waals surface area contributed by atoms with E-state index in [0.29, 0.717) is 5.41 Å². The highest BCUT2D eigenvalue weighted by Gasteiger charge is 2.35. The Hall–Kier alpha value is -1.07. The third-order valence-corrected chi connectivity index (χ3v) is 5.56. The summed E-state index contributed by atoms with van der Waals surface area (Å²) in [6, 6.07) is 3.59. The van der Waals surface area contributed by atoms with Crippen molar-refractivity contribution < 1.29 is 9.90 Å². The Morgan fingerprint density at radius 1 is 1.50 bits per heavy atom. The van der Waals surface area contributed by atoms with Crippen LogP contribution in [0.15, 0.2) is 17.5 Å². The smallest absolute Gasteiger partial charge is 0.314 e. The van der Waals surface area contributed by atoms with Crippen LogP contribution in [-0.4, -0.2) is 24.2 Å². The van der Waals surface area contributed by atoms with E-state index in [-0.39, 0.29) is 12.6 Å². The third-order valence-electron chi connectivity index (χ3n) is 4.43. The van der Waals surface area contributed by atoms with Crippen LogP contribution in [0.1, 0.15) is 44.4 Å². The Morgan fingerprint density at radius 3 is 2.75 bits per heavy atom. The first-order valence-corrected chi connectivity index (χ1v) is 8.13. The number of hydrogen-bond donors (Lipinski definition) is 3. The summed E-state index contributed by atoms with van der Waals surface area (Å²) in [5.74, 6) is 0. The molecule has 1 atom stereocenters. The molecule has 1 heterocycles. The fourth-order valence-corrected chi connectivity index (χ4v) is 3.37. The second-order valence-corrected chi connectivity index (χ2v) is 6.94. The molecule has 1 fully saturated rings. The minimum Gasteiger partial charge on any atom is -0.383 e. The molecule has 20 heavy (non-hydrogen) atoms. The Bertz CT molecular complexity index is 433. The molecule has 1 saturated carbocycles. The Kier molecular flexibility index (Phi) is 4.70. The van der Waals surface area contributed by atoms with Gasteiger partial charge in [-0.3, -0.25) is 0 Å². The number of nitrogens with one attached hydrogen (secondary N) is 2. The van der Waals surface area contributed by atoms with Crippen LogP contribution in [0.4, 0.5) is 4.79 Å². The zero-order valence-corrected chi connectivity index (χ0v) is 13.1. The van der Waals surface area contributed by atoms with Gasteiger partial charge in [0, 0.05) is 11.4 Å². The van der Waals surface area contributed by atoms with E-state index in [2.05, 4.69) is 17.6 Å². The van der Waals surface area contributed by atoms with Gasteiger partial charge in [0.25, 0.3) is 0 Å². The monoisotopic (exact) mass is 296 g/mol. The quantitative estimate of drug-likeness (QED) is 0.756. The summed E-state index contributed by atoms with van der Waals surface area (Å²) in [5.41, 5.74) is -0.696. The number of carbonyl (C=O) groups excluding carboxylic acids is 1. The van der Waals surface area contributed by atoms with Gasteiger partial charge >= 0.3 is 6.03 Å². The van der Waals surface area contributed by atoms with Gasteiger partial charge in [0.05, 0.1) is 6.54 Å². The fourth-order valence-electron chi connectivity index (χ4n) is 2.59. The molecule has 2 amide bonds. The van der Waals surface area contributed by atoms with Crippen molar-refractivity contribution in [2.24, 2.45) is 5.41 Å². The maximum Gasteiger partial charge on any atom is 0.314 e. The third kappa shape index (κ3) is 3.52. The standard InChI is InChI=1S/C15H24N2O2S/c1-3-15(7-5-8-15)11-17-13(18)16-10-14(2,19)12-6-4-9-20-12/h4,6,9,19H,3,5,7-8,10-11H2,1-2H3,(H2,16,17,18). The first-order valence-electron chi connectivity index (χ1n) is 7.25. The molecular weight excluding hydrogens is 272 g/mol. The van der Waals surface area contributed by atoms with Crippen LogP contribution in [0.5, 0.6) is 0 Å². The van der Waals surface area contributed by atoms with Gasteiger partial charge in [-0.25, -0.2) is 4.79 Å². The highest BCUT2D eigenvalue weighted by molar-refractivity contribution is 7.10. The zero-order chi connectivity index (χ0) is 14.6. The summed E-state index contributed by atoms with van der Waals surface area (Å²) in [5, 5.41) is 17.9. The Morgan fingerprint density at radius 2 is 2.25 bits per heavy atom. The summed E-state index contributed by atoms with van der Waals surface area (Å²) in [4.78, 5) is 12.7. The van der Waals surface area contributed by atoms with Gasteiger partial charge in [0.1, 0.15) is 5.60 Å². The number of urea groups is 1. The second-order valence-electron chi connectivity index (χ2n) is 5.99. The van der Waals surface area contributed by atoms with E-state index >= 15 is 0 Å². The van der Waals surface area contributed by atoms with Crippen molar-refractivity contribution in [2.75, 3.05) is 13.1 Å². The molecule has 1 aromatic heterocycles. The van der Waals surface area contributed by atoms with E-state index in [9.17, 15) is 9.90 Å². The molecule has 1 unspecified atom stereocenters. The summed E-state index contributed by atoms with van der Waals surface area (Å²) in [7, 11) is 0. The van der Waals surface area contributed by atoms with Gasteiger partial charge in [-0.15, -0.1) is 11.3 Å². The topological polar surface area (TPSA) is 61.4 Å². The molecular formula is C15H24N2O2S. The maximum absolute atomic E-state index is 11.8. The number of rotatable bonds is 6. The van der Waals surface area contributed by atoms with E-state index in [1.165, 1.54) is 30.6 Å². The molecule has 2 rings (SSSR count). The minimum absolute atomic E-state index is 0.193. The number of hydrogen-bond acceptors (Lipinski definition) is 3. The van der Waals surface area contributed by atoms with Crippen LogP contribution in [-0.2, 0) is 5.60 Å². The van der Waals surface area contributed by atoms with E-state index in [4.69, 9.17) is 0 Å². The van der Waals surface area contributed by atoms with Crippen molar-refractivity contribution in [1.29, 1.82) is 0 Å². The van der Waals surface area contributed by atoms with Crippen LogP contribution < -0.4 is 10.6 Å². The molecule has 1 aliphatic rings. The molecule has 0 bridgehead atoms. The van der Waals surface area contributed by atoms with Crippen molar-refractivity contribution in [3.63, 3.8) is 0 Å². The van der Waals surface area contributed by atoms with Gasteiger partial charge in [-0.1, -0.05) is 19.4 Å². The average Bonchev–Trinajstić information content (AvgIpc) is 2.90. The molecule has 0 spiro atoms. The maximum atomic E-state index is 11.8. The predicted molar refractivity (Wildman–Crippen MR) is 81.9 cm³/mol. The Labute approximate surface area is 124 Å². The molecule has 1 aliphatic carbocycles. The van der Waals surface area contributed by atoms with Crippen LogP contribution >= 0.6 is 11.3 Å². The van der Waals surface area contributed by atoms with Crippen LogP contribution in [0, 0.1) is 5.41 Å². The molecule has 5 heteroatoms. The lowest BCUT2D eigenvalue weighted by Crippen LogP contribution is -2.48. The van der Waals surface area contributed by atoms with Crippen molar-refractivity contribution in [2.45, 2.75) is 45.1 Å². The number of carbonyl (C=O) groups is 1. The molecule has 0 aromatic carbocycles. The lowest BCUT2D eigenvalue weighted by Gasteiger charge is -2.41. The first-order chi connectivity index (χ1) is 9.47. The number of aliphatic hydroxyl groups is 1. The van der Waals surface area contributed by atoms with Crippen LogP contribution in [0.2, 0.25) is 0 Å². The van der Waals surface area contributed by atoms with Crippen molar-refractivity contribution >= 4 is 17.4 Å². The van der Waals surface area contributed by atoms with Crippen molar-refractivity contribution in [1.82, 2.24) is 10.6 Å². The number of amides is 2. The van der Waals surface area contributed by atoms with Crippen molar-refractivity contribution in [3.05, 3.63) is 22.4 Å². The van der Waals surface area contributed by atoms with Gasteiger partial charge in [0.2, 0.25) is 0 Å². The van der Waals surface area contributed by atoms with E-state index in [1.807, 2.05) is 17.5 Å². The van der Waals surface area contributed by atoms with E-state index < -0.39 is 5.60 Å². The molecule has 0 saturated heterocycles. The second kappa shape index (κ2) is 6.14. The SMILES string of the molecule is CCC1(CNC(=O)NCC(C)(O)c2cccs2)CCC1. The van der Waals surface area contributed by atoms with Gasteiger partial charge in [0.15, 0.2) is 0 Å².